The van der Waals surface area contributed by atoms with Crippen LogP contribution >= 0.6 is 0 Å². The second kappa shape index (κ2) is 18.9. The average molecular weight is 143 g/mol. The summed E-state index contributed by atoms with van der Waals surface area (Å²) in [5.74, 6) is 0. The molecule has 21 valence electrons. The predicted octanol–water partition coefficient (Wildman–Crippen LogP) is -3.00. The van der Waals surface area contributed by atoms with Crippen LogP contribution < -0.4 is 29.6 Å². The van der Waals surface area contributed by atoms with Crippen LogP contribution in [0, 0.1) is 0 Å². The number of rotatable bonds is 0. The minimum atomic E-state index is 0. The third-order valence-corrected chi connectivity index (χ3v) is 0. The molecule has 0 fully saturated rings. The molecule has 0 unspecified atom stereocenters. The number of hydrogen-bond donors (Lipinski definition) is 0. The van der Waals surface area contributed by atoms with Gasteiger partial charge in [0.2, 0.25) is 0 Å². The Morgan fingerprint density at radius 1 is 0.750 bits per heavy atom. The van der Waals surface area contributed by atoms with Crippen molar-refractivity contribution in [2.45, 2.75) is 0 Å². The predicted molar refractivity (Wildman–Crippen MR) is 14.7 cm³/mol. The second-order valence-electron chi connectivity index (χ2n) is 0. The molecule has 1 radical (unpaired) electrons. The van der Waals surface area contributed by atoms with Crippen LogP contribution in [0.4, 0.5) is 0 Å². The quantitative estimate of drug-likeness (QED) is 0.317. The fourth-order valence-corrected chi connectivity index (χ4v) is 0. The normalized spacial score (nSPS) is 0. The summed E-state index contributed by atoms with van der Waals surface area (Å²) >= 11 is 0. The maximum absolute atomic E-state index is 0. The van der Waals surface area contributed by atoms with Crippen molar-refractivity contribution in [2.24, 2.45) is 0 Å². The van der Waals surface area contributed by atoms with Crippen LogP contribution in [0.5, 0.6) is 0 Å². The molecule has 0 aliphatic heterocycles. The average Bonchev–Trinajstić information content (AvgIpc) is 0. The maximum Gasteiger partial charge on any atom is 3.00 e. The van der Waals surface area contributed by atoms with Crippen molar-refractivity contribution in [1.29, 1.82) is 0 Å². The Morgan fingerprint density at radius 2 is 0.750 bits per heavy atom. The summed E-state index contributed by atoms with van der Waals surface area (Å²) in [6.07, 6.45) is 0. The van der Waals surface area contributed by atoms with Crippen molar-refractivity contribution in [2.75, 3.05) is 0 Å². The Morgan fingerprint density at radius 3 is 0.750 bits per heavy atom. The third-order valence-electron chi connectivity index (χ3n) is 0. The summed E-state index contributed by atoms with van der Waals surface area (Å²) < 4.78 is 0. The molecular formula is FeNaS2. The van der Waals surface area contributed by atoms with Crippen LogP contribution in [0.1, 0.15) is 0 Å². The fraction of sp³-hybridized carbons (Fsp3) is 0. The zero-order valence-corrected chi connectivity index (χ0v) is 6.91. The van der Waals surface area contributed by atoms with Gasteiger partial charge in [0.1, 0.15) is 0 Å². The van der Waals surface area contributed by atoms with Crippen molar-refractivity contribution in [3.63, 3.8) is 0 Å². The molecule has 0 saturated heterocycles. The summed E-state index contributed by atoms with van der Waals surface area (Å²) in [5.41, 5.74) is 0. The van der Waals surface area contributed by atoms with Gasteiger partial charge in [-0.15, -0.1) is 0 Å². The van der Waals surface area contributed by atoms with Crippen LogP contribution in [0.3, 0.4) is 0 Å². The Hall–Kier alpha value is 2.22. The Balaban J connectivity index is 0. The molecule has 0 amide bonds. The SMILES string of the molecule is [Fe+3].[Na+].[S-2].[S-2]. The summed E-state index contributed by atoms with van der Waals surface area (Å²) in [5, 5.41) is 0. The molecule has 0 aromatic rings. The fourth-order valence-electron chi connectivity index (χ4n) is 0. The molecule has 0 saturated carbocycles. The van der Waals surface area contributed by atoms with Gasteiger partial charge in [-0.2, -0.15) is 0 Å². The molecule has 0 aliphatic carbocycles. The van der Waals surface area contributed by atoms with Crippen molar-refractivity contribution >= 4 is 27.0 Å². The van der Waals surface area contributed by atoms with Crippen molar-refractivity contribution in [3.05, 3.63) is 0 Å². The van der Waals surface area contributed by atoms with Gasteiger partial charge >= 0.3 is 46.6 Å². The van der Waals surface area contributed by atoms with Crippen molar-refractivity contribution in [3.8, 4) is 0 Å². The summed E-state index contributed by atoms with van der Waals surface area (Å²) in [7, 11) is 0. The van der Waals surface area contributed by atoms with Gasteiger partial charge in [0.25, 0.3) is 0 Å². The van der Waals surface area contributed by atoms with Gasteiger partial charge in [-0.1, -0.05) is 0 Å². The van der Waals surface area contributed by atoms with E-state index in [9.17, 15) is 0 Å². The smallest absolute Gasteiger partial charge is 2.00 e. The zero-order valence-electron chi connectivity index (χ0n) is 2.17. The molecule has 4 heteroatoms. The first-order valence-corrected chi connectivity index (χ1v) is 0. The van der Waals surface area contributed by atoms with Gasteiger partial charge < -0.3 is 27.0 Å². The molecule has 0 nitrogen and oxygen atoms in total. The summed E-state index contributed by atoms with van der Waals surface area (Å²) in [4.78, 5) is 0. The maximum atomic E-state index is 0. The Bertz CT molecular complexity index is 6.00. The summed E-state index contributed by atoms with van der Waals surface area (Å²) in [6, 6.07) is 0. The first kappa shape index (κ1) is 34.4. The van der Waals surface area contributed by atoms with Crippen LogP contribution in [-0.2, 0) is 44.1 Å². The van der Waals surface area contributed by atoms with Crippen LogP contribution in [-0.4, -0.2) is 0 Å². The van der Waals surface area contributed by atoms with Crippen molar-refractivity contribution in [1.82, 2.24) is 0 Å². The summed E-state index contributed by atoms with van der Waals surface area (Å²) in [6.45, 7) is 0. The molecule has 4 heavy (non-hydrogen) atoms. The topological polar surface area (TPSA) is 0 Å². The van der Waals surface area contributed by atoms with E-state index in [1.807, 2.05) is 0 Å². The molecule has 0 bridgehead atoms. The van der Waals surface area contributed by atoms with Gasteiger partial charge in [0.05, 0.1) is 0 Å². The zero-order chi connectivity index (χ0) is 0. The van der Waals surface area contributed by atoms with Crippen molar-refractivity contribution < 1.29 is 46.6 Å². The van der Waals surface area contributed by atoms with Crippen LogP contribution in [0.2, 0.25) is 0 Å². The van der Waals surface area contributed by atoms with Gasteiger partial charge in [0, 0.05) is 0 Å². The van der Waals surface area contributed by atoms with Gasteiger partial charge in [-0.05, 0) is 0 Å². The van der Waals surface area contributed by atoms with E-state index in [4.69, 9.17) is 0 Å². The van der Waals surface area contributed by atoms with E-state index >= 15 is 0 Å². The van der Waals surface area contributed by atoms with E-state index in [2.05, 4.69) is 0 Å². The molecule has 0 atom stereocenters. The van der Waals surface area contributed by atoms with Crippen LogP contribution in [0.15, 0.2) is 0 Å². The van der Waals surface area contributed by atoms with Gasteiger partial charge in [0.15, 0.2) is 0 Å². The molecule has 0 aromatic carbocycles. The van der Waals surface area contributed by atoms with E-state index < -0.39 is 0 Å². The first-order valence-electron chi connectivity index (χ1n) is 0. The Kier molecular flexibility index (Phi) is 162. The van der Waals surface area contributed by atoms with Gasteiger partial charge in [-0.25, -0.2) is 0 Å². The Labute approximate surface area is 72.8 Å². The first-order chi connectivity index (χ1) is 0. The van der Waals surface area contributed by atoms with E-state index in [-0.39, 0.29) is 73.6 Å². The largest absolute Gasteiger partial charge is 3.00 e. The number of hydrogen-bond acceptors (Lipinski definition) is 0. The van der Waals surface area contributed by atoms with Gasteiger partial charge in [-0.3, -0.25) is 0 Å². The molecule has 0 rings (SSSR count). The minimum Gasteiger partial charge on any atom is -2.00 e. The molecule has 0 aromatic heterocycles. The molecular weight excluding hydrogens is 143 g/mol. The van der Waals surface area contributed by atoms with E-state index in [1.165, 1.54) is 0 Å². The third kappa shape index (κ3) is 8.88. The van der Waals surface area contributed by atoms with E-state index in [0.717, 1.165) is 0 Å². The van der Waals surface area contributed by atoms with E-state index in [1.54, 1.807) is 0 Å². The van der Waals surface area contributed by atoms with Crippen LogP contribution in [0.25, 0.3) is 0 Å². The second-order valence-corrected chi connectivity index (χ2v) is 0. The standard InChI is InChI=1S/Fe.Na.2S/q+3;+1;2*-2. The molecule has 0 N–H and O–H groups in total. The minimum absolute atomic E-state index is 0. The molecule has 0 spiro atoms. The molecule has 0 aliphatic rings. The van der Waals surface area contributed by atoms with E-state index in [0.29, 0.717) is 0 Å². The monoisotopic (exact) mass is 143 g/mol. The molecule has 0 heterocycles.